The number of carbonyl (C=O) groups excluding carboxylic acids is 3. The van der Waals surface area contributed by atoms with Crippen molar-refractivity contribution in [3.8, 4) is 5.75 Å². The van der Waals surface area contributed by atoms with E-state index in [4.69, 9.17) is 14.2 Å². The first-order valence-electron chi connectivity index (χ1n) is 8.39. The second kappa shape index (κ2) is 10.8. The van der Waals surface area contributed by atoms with E-state index in [1.165, 1.54) is 17.4 Å². The molecule has 0 aliphatic carbocycles. The molecule has 0 aliphatic rings. The highest BCUT2D eigenvalue weighted by atomic mass is 32.1. The van der Waals surface area contributed by atoms with Gasteiger partial charge in [-0.1, -0.05) is 12.1 Å². The van der Waals surface area contributed by atoms with Crippen LogP contribution in [-0.4, -0.2) is 43.2 Å². The number of thiazole rings is 1. The molecule has 148 valence electrons. The van der Waals surface area contributed by atoms with Crippen LogP contribution < -0.4 is 10.1 Å². The van der Waals surface area contributed by atoms with Gasteiger partial charge in [-0.05, 0) is 30.7 Å². The second-order valence-corrected chi connectivity index (χ2v) is 6.25. The molecule has 0 fully saturated rings. The van der Waals surface area contributed by atoms with Crippen molar-refractivity contribution in [2.24, 2.45) is 0 Å². The van der Waals surface area contributed by atoms with Crippen molar-refractivity contribution in [1.29, 1.82) is 0 Å². The Hall–Kier alpha value is -3.20. The molecule has 0 saturated heterocycles. The lowest BCUT2D eigenvalue weighted by molar-refractivity contribution is -0.142. The number of hydrogen-bond donors (Lipinski definition) is 1. The summed E-state index contributed by atoms with van der Waals surface area (Å²) in [6, 6.07) is 7.10. The minimum atomic E-state index is -0.645. The van der Waals surface area contributed by atoms with Gasteiger partial charge in [0.2, 0.25) is 0 Å². The Bertz CT molecular complexity index is 844. The van der Waals surface area contributed by atoms with E-state index in [2.05, 4.69) is 10.3 Å². The summed E-state index contributed by atoms with van der Waals surface area (Å²) in [5.41, 5.74) is 1.29. The van der Waals surface area contributed by atoms with Crippen LogP contribution >= 0.6 is 11.3 Å². The van der Waals surface area contributed by atoms with Crippen LogP contribution in [0, 0.1) is 0 Å². The van der Waals surface area contributed by atoms with E-state index in [1.54, 1.807) is 49.8 Å². The summed E-state index contributed by atoms with van der Waals surface area (Å²) in [5.74, 6) is -0.844. The van der Waals surface area contributed by atoms with Gasteiger partial charge >= 0.3 is 11.9 Å². The minimum absolute atomic E-state index is 0.0331. The molecule has 2 rings (SSSR count). The monoisotopic (exact) mass is 404 g/mol. The summed E-state index contributed by atoms with van der Waals surface area (Å²) in [4.78, 5) is 39.1. The lowest BCUT2D eigenvalue weighted by Crippen LogP contribution is -2.20. The Kier molecular flexibility index (Phi) is 8.16. The minimum Gasteiger partial charge on any atom is -0.497 e. The first-order valence-corrected chi connectivity index (χ1v) is 9.27. The van der Waals surface area contributed by atoms with Crippen LogP contribution in [0.4, 0.5) is 5.13 Å². The van der Waals surface area contributed by atoms with Gasteiger partial charge in [-0.2, -0.15) is 0 Å². The van der Waals surface area contributed by atoms with Crippen LogP contribution in [0.15, 0.2) is 35.7 Å². The SMILES string of the molecule is CCOC(=O)Cc1csc(NC(=O)COC(=O)C=Cc2ccc(OC)cc2)n1. The number of benzene rings is 1. The van der Waals surface area contributed by atoms with Crippen LogP contribution in [-0.2, 0) is 30.3 Å². The predicted molar refractivity (Wildman–Crippen MR) is 104 cm³/mol. The molecule has 1 aromatic heterocycles. The van der Waals surface area contributed by atoms with Gasteiger partial charge in [0.1, 0.15) is 5.75 Å². The van der Waals surface area contributed by atoms with E-state index in [1.807, 2.05) is 0 Å². The van der Waals surface area contributed by atoms with E-state index < -0.39 is 18.5 Å². The Morgan fingerprint density at radius 2 is 1.93 bits per heavy atom. The molecule has 1 amide bonds. The Morgan fingerprint density at radius 1 is 1.18 bits per heavy atom. The first kappa shape index (κ1) is 21.1. The largest absolute Gasteiger partial charge is 0.497 e. The molecule has 1 aromatic carbocycles. The third-order valence-corrected chi connectivity index (χ3v) is 4.11. The van der Waals surface area contributed by atoms with Gasteiger partial charge in [0.05, 0.1) is 25.8 Å². The van der Waals surface area contributed by atoms with Crippen molar-refractivity contribution in [3.63, 3.8) is 0 Å². The summed E-state index contributed by atoms with van der Waals surface area (Å²) in [6.07, 6.45) is 2.84. The summed E-state index contributed by atoms with van der Waals surface area (Å²) in [5, 5.41) is 4.47. The van der Waals surface area contributed by atoms with Crippen LogP contribution in [0.3, 0.4) is 0 Å². The van der Waals surface area contributed by atoms with E-state index in [0.29, 0.717) is 23.2 Å². The highest BCUT2D eigenvalue weighted by Gasteiger charge is 2.11. The fourth-order valence-electron chi connectivity index (χ4n) is 2.02. The molecule has 0 atom stereocenters. The van der Waals surface area contributed by atoms with Crippen molar-refractivity contribution >= 4 is 40.4 Å². The molecule has 8 nitrogen and oxygen atoms in total. The van der Waals surface area contributed by atoms with Crippen molar-refractivity contribution < 1.29 is 28.6 Å². The maximum Gasteiger partial charge on any atom is 0.331 e. The van der Waals surface area contributed by atoms with Gasteiger partial charge in [0.15, 0.2) is 11.7 Å². The summed E-state index contributed by atoms with van der Waals surface area (Å²) in [6.45, 7) is 1.57. The normalized spacial score (nSPS) is 10.5. The highest BCUT2D eigenvalue weighted by Crippen LogP contribution is 2.16. The number of anilines is 1. The molecule has 0 saturated carbocycles. The first-order chi connectivity index (χ1) is 13.5. The molecule has 2 aromatic rings. The van der Waals surface area contributed by atoms with E-state index in [0.717, 1.165) is 5.56 Å². The lowest BCUT2D eigenvalue weighted by Gasteiger charge is -2.02. The molecule has 0 bridgehead atoms. The third kappa shape index (κ3) is 7.20. The van der Waals surface area contributed by atoms with Crippen molar-refractivity contribution in [1.82, 2.24) is 4.98 Å². The van der Waals surface area contributed by atoms with Crippen molar-refractivity contribution in [2.75, 3.05) is 25.6 Å². The summed E-state index contributed by atoms with van der Waals surface area (Å²) in [7, 11) is 1.57. The number of carbonyl (C=O) groups is 3. The van der Waals surface area contributed by atoms with E-state index in [-0.39, 0.29) is 12.4 Å². The number of hydrogen-bond acceptors (Lipinski definition) is 8. The van der Waals surface area contributed by atoms with E-state index in [9.17, 15) is 14.4 Å². The topological polar surface area (TPSA) is 104 Å². The fraction of sp³-hybridized carbons (Fsp3) is 0.263. The standard InChI is InChI=1S/C19H20N2O6S/c1-3-26-18(24)10-14-12-28-19(20-14)21-16(22)11-27-17(23)9-6-13-4-7-15(25-2)8-5-13/h4-9,12H,3,10-11H2,1-2H3,(H,20,21,22). The smallest absolute Gasteiger partial charge is 0.331 e. The predicted octanol–water partition coefficient (Wildman–Crippen LogP) is 2.45. The average Bonchev–Trinajstić information content (AvgIpc) is 3.11. The second-order valence-electron chi connectivity index (χ2n) is 5.39. The number of nitrogens with zero attached hydrogens (tertiary/aromatic N) is 1. The number of aromatic nitrogens is 1. The maximum absolute atomic E-state index is 11.8. The number of esters is 2. The van der Waals surface area contributed by atoms with Crippen molar-refractivity contribution in [2.45, 2.75) is 13.3 Å². The van der Waals surface area contributed by atoms with Gasteiger partial charge in [0, 0.05) is 11.5 Å². The van der Waals surface area contributed by atoms with Crippen LogP contribution in [0.1, 0.15) is 18.2 Å². The lowest BCUT2D eigenvalue weighted by atomic mass is 10.2. The van der Waals surface area contributed by atoms with E-state index >= 15 is 0 Å². The molecule has 0 unspecified atom stereocenters. The number of amides is 1. The molecule has 9 heteroatoms. The zero-order valence-electron chi connectivity index (χ0n) is 15.5. The quantitative estimate of drug-likeness (QED) is 0.506. The van der Waals surface area contributed by atoms with Crippen LogP contribution in [0.5, 0.6) is 5.75 Å². The zero-order valence-corrected chi connectivity index (χ0v) is 16.3. The molecular formula is C19H20N2O6S. The summed E-state index contributed by atoms with van der Waals surface area (Å²) < 4.78 is 14.8. The molecule has 0 spiro atoms. The fourth-order valence-corrected chi connectivity index (χ4v) is 2.75. The molecule has 28 heavy (non-hydrogen) atoms. The number of nitrogens with one attached hydrogen (secondary N) is 1. The van der Waals surface area contributed by atoms with Gasteiger partial charge < -0.3 is 14.2 Å². The summed E-state index contributed by atoms with van der Waals surface area (Å²) >= 11 is 1.17. The Labute approximate surface area is 166 Å². The highest BCUT2D eigenvalue weighted by molar-refractivity contribution is 7.13. The van der Waals surface area contributed by atoms with Gasteiger partial charge in [-0.3, -0.25) is 14.9 Å². The van der Waals surface area contributed by atoms with Gasteiger partial charge in [-0.15, -0.1) is 11.3 Å². The average molecular weight is 404 g/mol. The molecular weight excluding hydrogens is 384 g/mol. The number of ether oxygens (including phenoxy) is 3. The molecule has 1 N–H and O–H groups in total. The third-order valence-electron chi connectivity index (χ3n) is 3.30. The molecule has 0 aliphatic heterocycles. The van der Waals surface area contributed by atoms with Crippen molar-refractivity contribution in [3.05, 3.63) is 47.0 Å². The van der Waals surface area contributed by atoms with Gasteiger partial charge in [0.25, 0.3) is 5.91 Å². The molecule has 0 radical (unpaired) electrons. The number of methoxy groups -OCH3 is 1. The Balaban J connectivity index is 1.75. The zero-order chi connectivity index (χ0) is 20.4. The maximum atomic E-state index is 11.8. The van der Waals surface area contributed by atoms with Gasteiger partial charge in [-0.25, -0.2) is 9.78 Å². The molecule has 1 heterocycles. The van der Waals surface area contributed by atoms with Crippen LogP contribution in [0.2, 0.25) is 0 Å². The Morgan fingerprint density at radius 3 is 2.61 bits per heavy atom. The van der Waals surface area contributed by atoms with Crippen LogP contribution in [0.25, 0.3) is 6.08 Å². The number of rotatable bonds is 9.